The lowest BCUT2D eigenvalue weighted by Gasteiger charge is -2.27. The summed E-state index contributed by atoms with van der Waals surface area (Å²) in [7, 11) is 0. The van der Waals surface area contributed by atoms with E-state index in [4.69, 9.17) is 5.73 Å². The molecule has 1 atom stereocenters. The molecule has 0 aliphatic heterocycles. The summed E-state index contributed by atoms with van der Waals surface area (Å²) in [5, 5.41) is 18.6. The minimum atomic E-state index is -0.208. The summed E-state index contributed by atoms with van der Waals surface area (Å²) in [5.74, 6) is 0.0828. The zero-order valence-corrected chi connectivity index (χ0v) is 8.78. The van der Waals surface area contributed by atoms with E-state index in [1.54, 1.807) is 12.1 Å². The number of nitrogens with two attached hydrogens (primary N) is 1. The van der Waals surface area contributed by atoms with Crippen molar-refractivity contribution in [2.75, 3.05) is 0 Å². The monoisotopic (exact) mass is 195 g/mol. The van der Waals surface area contributed by atoms with Crippen molar-refractivity contribution in [2.45, 2.75) is 26.8 Å². The molecule has 78 valence electrons. The molecule has 1 aromatic rings. The molecule has 3 nitrogen and oxygen atoms in total. The van der Waals surface area contributed by atoms with Crippen molar-refractivity contribution >= 4 is 0 Å². The average Bonchev–Trinajstić information content (AvgIpc) is 1.99. The van der Waals surface area contributed by atoms with Gasteiger partial charge >= 0.3 is 0 Å². The van der Waals surface area contributed by atoms with Gasteiger partial charge in [0.2, 0.25) is 0 Å². The Kier molecular flexibility index (Phi) is 2.71. The van der Waals surface area contributed by atoms with Crippen LogP contribution in [0.5, 0.6) is 11.5 Å². The maximum absolute atomic E-state index is 9.29. The van der Waals surface area contributed by atoms with Gasteiger partial charge in [-0.25, -0.2) is 0 Å². The van der Waals surface area contributed by atoms with Crippen LogP contribution in [0.15, 0.2) is 18.2 Å². The third kappa shape index (κ3) is 2.39. The molecule has 0 saturated heterocycles. The van der Waals surface area contributed by atoms with Gasteiger partial charge in [-0.15, -0.1) is 0 Å². The van der Waals surface area contributed by atoms with Gasteiger partial charge in [0.05, 0.1) is 0 Å². The molecular weight excluding hydrogens is 178 g/mol. The van der Waals surface area contributed by atoms with E-state index in [2.05, 4.69) is 0 Å². The third-order valence-electron chi connectivity index (χ3n) is 2.22. The quantitative estimate of drug-likeness (QED) is 0.643. The number of benzene rings is 1. The SMILES string of the molecule is CC(C)(C)[C@H](N)c1cc(O)cc(O)c1. The summed E-state index contributed by atoms with van der Waals surface area (Å²) in [6, 6.07) is 4.24. The van der Waals surface area contributed by atoms with E-state index in [-0.39, 0.29) is 23.0 Å². The summed E-state index contributed by atoms with van der Waals surface area (Å²) >= 11 is 0. The molecule has 0 saturated carbocycles. The highest BCUT2D eigenvalue weighted by Gasteiger charge is 2.22. The van der Waals surface area contributed by atoms with Crippen molar-refractivity contribution in [1.82, 2.24) is 0 Å². The number of phenols is 2. The zero-order chi connectivity index (χ0) is 10.9. The molecule has 0 heterocycles. The Morgan fingerprint density at radius 2 is 1.50 bits per heavy atom. The second-order valence-corrected chi connectivity index (χ2v) is 4.63. The molecule has 0 bridgehead atoms. The van der Waals surface area contributed by atoms with E-state index >= 15 is 0 Å². The van der Waals surface area contributed by atoms with Gasteiger partial charge < -0.3 is 15.9 Å². The first-order valence-corrected chi connectivity index (χ1v) is 4.59. The largest absolute Gasteiger partial charge is 0.508 e. The van der Waals surface area contributed by atoms with Gasteiger partial charge in [-0.1, -0.05) is 20.8 Å². The van der Waals surface area contributed by atoms with Crippen LogP contribution in [-0.2, 0) is 0 Å². The molecule has 0 amide bonds. The molecule has 0 fully saturated rings. The lowest BCUT2D eigenvalue weighted by atomic mass is 9.83. The van der Waals surface area contributed by atoms with Gasteiger partial charge in [0, 0.05) is 12.1 Å². The smallest absolute Gasteiger partial charge is 0.119 e. The van der Waals surface area contributed by atoms with E-state index in [0.29, 0.717) is 0 Å². The normalized spacial score (nSPS) is 14.0. The van der Waals surface area contributed by atoms with Crippen LogP contribution in [0.1, 0.15) is 32.4 Å². The fourth-order valence-electron chi connectivity index (χ4n) is 1.30. The van der Waals surface area contributed by atoms with Crippen LogP contribution in [-0.4, -0.2) is 10.2 Å². The molecule has 14 heavy (non-hydrogen) atoms. The Labute approximate surface area is 84.2 Å². The Morgan fingerprint density at radius 1 is 1.07 bits per heavy atom. The molecule has 1 aromatic carbocycles. The molecule has 0 unspecified atom stereocenters. The standard InChI is InChI=1S/C11H17NO2/c1-11(2,3)10(12)7-4-8(13)6-9(14)5-7/h4-6,10,13-14H,12H2,1-3H3/t10-/m1/s1. The highest BCUT2D eigenvalue weighted by atomic mass is 16.3. The molecule has 0 aliphatic rings. The summed E-state index contributed by atoms with van der Waals surface area (Å²) in [6.45, 7) is 6.04. The highest BCUT2D eigenvalue weighted by molar-refractivity contribution is 5.38. The van der Waals surface area contributed by atoms with Crippen molar-refractivity contribution in [3.8, 4) is 11.5 Å². The van der Waals surface area contributed by atoms with Crippen LogP contribution in [0.3, 0.4) is 0 Å². The first-order valence-electron chi connectivity index (χ1n) is 4.59. The summed E-state index contributed by atoms with van der Waals surface area (Å²) in [6.07, 6.45) is 0. The minimum Gasteiger partial charge on any atom is -0.508 e. The molecule has 0 spiro atoms. The summed E-state index contributed by atoms with van der Waals surface area (Å²) in [5.41, 5.74) is 6.64. The summed E-state index contributed by atoms with van der Waals surface area (Å²) in [4.78, 5) is 0. The number of phenolic OH excluding ortho intramolecular Hbond substituents is 2. The zero-order valence-electron chi connectivity index (χ0n) is 8.78. The Hall–Kier alpha value is -1.22. The number of hydrogen-bond acceptors (Lipinski definition) is 3. The van der Waals surface area contributed by atoms with Crippen LogP contribution in [0.25, 0.3) is 0 Å². The van der Waals surface area contributed by atoms with Crippen molar-refractivity contribution in [1.29, 1.82) is 0 Å². The van der Waals surface area contributed by atoms with Crippen LogP contribution in [0.4, 0.5) is 0 Å². The Balaban J connectivity index is 3.07. The van der Waals surface area contributed by atoms with E-state index in [0.717, 1.165) is 5.56 Å². The van der Waals surface area contributed by atoms with Crippen molar-refractivity contribution in [3.63, 3.8) is 0 Å². The summed E-state index contributed by atoms with van der Waals surface area (Å²) < 4.78 is 0. The topological polar surface area (TPSA) is 66.5 Å². The molecule has 1 rings (SSSR count). The third-order valence-corrected chi connectivity index (χ3v) is 2.22. The van der Waals surface area contributed by atoms with E-state index < -0.39 is 0 Å². The maximum Gasteiger partial charge on any atom is 0.119 e. The van der Waals surface area contributed by atoms with Crippen LogP contribution >= 0.6 is 0 Å². The van der Waals surface area contributed by atoms with E-state index in [1.807, 2.05) is 20.8 Å². The second kappa shape index (κ2) is 3.50. The predicted octanol–water partition coefficient (Wildman–Crippen LogP) is 2.14. The average molecular weight is 195 g/mol. The van der Waals surface area contributed by atoms with Crippen LogP contribution < -0.4 is 5.73 Å². The van der Waals surface area contributed by atoms with E-state index in [1.165, 1.54) is 6.07 Å². The van der Waals surface area contributed by atoms with Gasteiger partial charge in [0.25, 0.3) is 0 Å². The number of rotatable bonds is 1. The fraction of sp³-hybridized carbons (Fsp3) is 0.455. The van der Waals surface area contributed by atoms with Crippen molar-refractivity contribution in [3.05, 3.63) is 23.8 Å². The lowest BCUT2D eigenvalue weighted by molar-refractivity contribution is 0.325. The molecule has 0 aliphatic carbocycles. The predicted molar refractivity (Wildman–Crippen MR) is 56.2 cm³/mol. The van der Waals surface area contributed by atoms with Crippen LogP contribution in [0.2, 0.25) is 0 Å². The molecule has 0 radical (unpaired) electrons. The van der Waals surface area contributed by atoms with Gasteiger partial charge in [-0.05, 0) is 23.1 Å². The first kappa shape index (κ1) is 10.9. The van der Waals surface area contributed by atoms with Gasteiger partial charge in [-0.3, -0.25) is 0 Å². The number of aromatic hydroxyl groups is 2. The van der Waals surface area contributed by atoms with E-state index in [9.17, 15) is 10.2 Å². The van der Waals surface area contributed by atoms with Crippen LogP contribution in [0, 0.1) is 5.41 Å². The first-order chi connectivity index (χ1) is 6.30. The van der Waals surface area contributed by atoms with Crippen molar-refractivity contribution < 1.29 is 10.2 Å². The Morgan fingerprint density at radius 3 is 1.86 bits per heavy atom. The molecule has 4 N–H and O–H groups in total. The van der Waals surface area contributed by atoms with Gasteiger partial charge in [0.1, 0.15) is 11.5 Å². The highest BCUT2D eigenvalue weighted by Crippen LogP contribution is 2.33. The molecular formula is C11H17NO2. The number of hydrogen-bond donors (Lipinski definition) is 3. The van der Waals surface area contributed by atoms with Crippen molar-refractivity contribution in [2.24, 2.45) is 11.1 Å². The maximum atomic E-state index is 9.29. The molecule has 0 aromatic heterocycles. The second-order valence-electron chi connectivity index (χ2n) is 4.63. The molecule has 3 heteroatoms. The fourth-order valence-corrected chi connectivity index (χ4v) is 1.30. The van der Waals surface area contributed by atoms with Gasteiger partial charge in [0.15, 0.2) is 0 Å². The Bertz CT molecular complexity index is 308. The minimum absolute atomic E-state index is 0.0414. The lowest BCUT2D eigenvalue weighted by Crippen LogP contribution is -2.26. The van der Waals surface area contributed by atoms with Gasteiger partial charge in [-0.2, -0.15) is 0 Å².